The highest BCUT2D eigenvalue weighted by molar-refractivity contribution is 7.99. The maximum absolute atomic E-state index is 5.80. The molecule has 1 fully saturated rings. The summed E-state index contributed by atoms with van der Waals surface area (Å²) >= 11 is 1.64. The fraction of sp³-hybridized carbons (Fsp3) is 0.417. The Hall–Kier alpha value is -2.91. The maximum Gasteiger partial charge on any atom is 0.203 e. The van der Waals surface area contributed by atoms with E-state index in [-0.39, 0.29) is 6.10 Å². The first-order valence-electron chi connectivity index (χ1n) is 10.9. The summed E-state index contributed by atoms with van der Waals surface area (Å²) in [6, 6.07) is 11.7. The Bertz CT molecular complexity index is 1040. The van der Waals surface area contributed by atoms with Crippen LogP contribution < -0.4 is 18.9 Å². The van der Waals surface area contributed by atoms with Gasteiger partial charge in [0.1, 0.15) is 5.75 Å². The Morgan fingerprint density at radius 2 is 1.76 bits per heavy atom. The molecule has 1 unspecified atom stereocenters. The quantitative estimate of drug-likeness (QED) is 0.396. The van der Waals surface area contributed by atoms with E-state index in [1.54, 1.807) is 33.1 Å². The van der Waals surface area contributed by atoms with E-state index in [1.807, 2.05) is 47.9 Å². The SMILES string of the molecule is CCOc1ccc(-n2c(SCC3CCCO3)nnc2-c2cc(OC)c(OC)c(OC)c2)cc1. The molecular weight excluding hydrogens is 442 g/mol. The molecule has 0 radical (unpaired) electrons. The van der Waals surface area contributed by atoms with Crippen LogP contribution in [0, 0.1) is 0 Å². The van der Waals surface area contributed by atoms with E-state index < -0.39 is 0 Å². The molecule has 1 aliphatic heterocycles. The fourth-order valence-electron chi connectivity index (χ4n) is 3.79. The summed E-state index contributed by atoms with van der Waals surface area (Å²) in [7, 11) is 4.78. The van der Waals surface area contributed by atoms with Crippen molar-refractivity contribution >= 4 is 11.8 Å². The topological polar surface area (TPSA) is 76.9 Å². The number of rotatable bonds is 10. The van der Waals surface area contributed by atoms with Gasteiger partial charge in [0.25, 0.3) is 0 Å². The Morgan fingerprint density at radius 1 is 1.03 bits per heavy atom. The molecule has 33 heavy (non-hydrogen) atoms. The lowest BCUT2D eigenvalue weighted by Crippen LogP contribution is -2.09. The largest absolute Gasteiger partial charge is 0.494 e. The zero-order chi connectivity index (χ0) is 23.2. The van der Waals surface area contributed by atoms with Crippen molar-refractivity contribution in [1.29, 1.82) is 0 Å². The Morgan fingerprint density at radius 3 is 2.33 bits per heavy atom. The van der Waals surface area contributed by atoms with Crippen molar-refractivity contribution in [3.05, 3.63) is 36.4 Å². The van der Waals surface area contributed by atoms with Crippen LogP contribution in [0.3, 0.4) is 0 Å². The maximum atomic E-state index is 5.80. The summed E-state index contributed by atoms with van der Waals surface area (Å²) < 4.78 is 30.0. The van der Waals surface area contributed by atoms with Crippen molar-refractivity contribution in [1.82, 2.24) is 14.8 Å². The summed E-state index contributed by atoms with van der Waals surface area (Å²) in [4.78, 5) is 0. The van der Waals surface area contributed by atoms with Gasteiger partial charge >= 0.3 is 0 Å². The van der Waals surface area contributed by atoms with E-state index in [0.29, 0.717) is 29.7 Å². The van der Waals surface area contributed by atoms with Crippen molar-refractivity contribution in [2.45, 2.75) is 31.0 Å². The third kappa shape index (κ3) is 5.04. The van der Waals surface area contributed by atoms with Gasteiger partial charge in [0.05, 0.1) is 34.0 Å². The molecule has 0 aliphatic carbocycles. The van der Waals surface area contributed by atoms with Crippen LogP contribution in [0.25, 0.3) is 17.1 Å². The van der Waals surface area contributed by atoms with E-state index in [9.17, 15) is 0 Å². The van der Waals surface area contributed by atoms with Gasteiger partial charge in [0.15, 0.2) is 22.5 Å². The molecule has 0 bridgehead atoms. The van der Waals surface area contributed by atoms with Crippen LogP contribution >= 0.6 is 11.8 Å². The second-order valence-electron chi connectivity index (χ2n) is 7.43. The van der Waals surface area contributed by atoms with Crippen LogP contribution in [0.2, 0.25) is 0 Å². The number of aromatic nitrogens is 3. The summed E-state index contributed by atoms with van der Waals surface area (Å²) in [5.41, 5.74) is 1.73. The smallest absolute Gasteiger partial charge is 0.203 e. The number of methoxy groups -OCH3 is 3. The minimum atomic E-state index is 0.241. The van der Waals surface area contributed by atoms with E-state index >= 15 is 0 Å². The van der Waals surface area contributed by atoms with Gasteiger partial charge in [-0.15, -0.1) is 10.2 Å². The molecule has 0 spiro atoms. The molecule has 0 amide bonds. The molecule has 1 saturated heterocycles. The molecular formula is C24H29N3O5S. The number of hydrogen-bond acceptors (Lipinski definition) is 8. The van der Waals surface area contributed by atoms with Crippen LogP contribution in [0.4, 0.5) is 0 Å². The van der Waals surface area contributed by atoms with Crippen LogP contribution in [-0.2, 0) is 4.74 Å². The molecule has 2 aromatic carbocycles. The highest BCUT2D eigenvalue weighted by atomic mass is 32.2. The minimum Gasteiger partial charge on any atom is -0.494 e. The van der Waals surface area contributed by atoms with Crippen molar-refractivity contribution < 1.29 is 23.7 Å². The molecule has 1 aromatic heterocycles. The average Bonchev–Trinajstić information content (AvgIpc) is 3.52. The number of hydrogen-bond donors (Lipinski definition) is 0. The third-order valence-corrected chi connectivity index (χ3v) is 6.45. The van der Waals surface area contributed by atoms with Crippen LogP contribution in [0.1, 0.15) is 19.8 Å². The minimum absolute atomic E-state index is 0.241. The predicted octanol–water partition coefficient (Wildman–Crippen LogP) is 4.63. The van der Waals surface area contributed by atoms with Crippen LogP contribution in [0.15, 0.2) is 41.6 Å². The first-order chi connectivity index (χ1) is 16.2. The van der Waals surface area contributed by atoms with Crippen LogP contribution in [-0.4, -0.2) is 61.2 Å². The molecule has 3 aromatic rings. The summed E-state index contributed by atoms with van der Waals surface area (Å²) in [5.74, 6) is 3.96. The van der Waals surface area contributed by atoms with E-state index in [1.165, 1.54) is 0 Å². The van der Waals surface area contributed by atoms with Gasteiger partial charge in [-0.1, -0.05) is 11.8 Å². The fourth-order valence-corrected chi connectivity index (χ4v) is 4.81. The molecule has 1 aliphatic rings. The number of ether oxygens (including phenoxy) is 5. The molecule has 0 saturated carbocycles. The molecule has 9 heteroatoms. The monoisotopic (exact) mass is 471 g/mol. The predicted molar refractivity (Wildman–Crippen MR) is 127 cm³/mol. The lowest BCUT2D eigenvalue weighted by Gasteiger charge is -2.16. The van der Waals surface area contributed by atoms with Crippen molar-refractivity contribution in [3.63, 3.8) is 0 Å². The van der Waals surface area contributed by atoms with Crippen molar-refractivity contribution in [2.75, 3.05) is 40.3 Å². The first-order valence-corrected chi connectivity index (χ1v) is 11.9. The highest BCUT2D eigenvalue weighted by Gasteiger charge is 2.23. The molecule has 1 atom stereocenters. The van der Waals surface area contributed by atoms with Gasteiger partial charge in [0.2, 0.25) is 5.75 Å². The van der Waals surface area contributed by atoms with Gasteiger partial charge < -0.3 is 23.7 Å². The highest BCUT2D eigenvalue weighted by Crippen LogP contribution is 2.42. The molecule has 176 valence electrons. The number of benzene rings is 2. The Kier molecular flexibility index (Phi) is 7.61. The number of thioether (sulfide) groups is 1. The van der Waals surface area contributed by atoms with Gasteiger partial charge in [-0.05, 0) is 56.2 Å². The Balaban J connectivity index is 1.77. The van der Waals surface area contributed by atoms with E-state index in [0.717, 1.165) is 47.4 Å². The van der Waals surface area contributed by atoms with Gasteiger partial charge in [-0.3, -0.25) is 4.57 Å². The standard InChI is InChI=1S/C24H29N3O5S/c1-5-31-18-10-8-17(9-11-18)27-23(25-26-24(27)33-15-19-7-6-12-32-19)16-13-20(28-2)22(30-4)21(14-16)29-3/h8-11,13-14,19H,5-7,12,15H2,1-4H3. The van der Waals surface area contributed by atoms with Gasteiger partial charge in [-0.25, -0.2) is 0 Å². The second kappa shape index (κ2) is 10.8. The zero-order valence-corrected chi connectivity index (χ0v) is 20.2. The number of nitrogens with zero attached hydrogens (tertiary/aromatic N) is 3. The second-order valence-corrected chi connectivity index (χ2v) is 8.42. The molecule has 8 nitrogen and oxygen atoms in total. The van der Waals surface area contributed by atoms with E-state index in [2.05, 4.69) is 10.2 Å². The Labute approximate surface area is 198 Å². The van der Waals surface area contributed by atoms with Gasteiger partial charge in [0, 0.05) is 23.6 Å². The van der Waals surface area contributed by atoms with Crippen molar-refractivity contribution in [2.24, 2.45) is 0 Å². The lowest BCUT2D eigenvalue weighted by molar-refractivity contribution is 0.129. The van der Waals surface area contributed by atoms with Crippen LogP contribution in [0.5, 0.6) is 23.0 Å². The lowest BCUT2D eigenvalue weighted by atomic mass is 10.1. The van der Waals surface area contributed by atoms with Crippen molar-refractivity contribution in [3.8, 4) is 40.1 Å². The third-order valence-electron chi connectivity index (χ3n) is 5.38. The zero-order valence-electron chi connectivity index (χ0n) is 19.4. The summed E-state index contributed by atoms with van der Waals surface area (Å²) in [5, 5.41) is 9.85. The molecule has 2 heterocycles. The summed E-state index contributed by atoms with van der Waals surface area (Å²) in [6.07, 6.45) is 2.42. The normalized spacial score (nSPS) is 15.5. The molecule has 4 rings (SSSR count). The first kappa shape index (κ1) is 23.3. The average molecular weight is 472 g/mol. The summed E-state index contributed by atoms with van der Waals surface area (Å²) in [6.45, 7) is 3.41. The van der Waals surface area contributed by atoms with Gasteiger partial charge in [-0.2, -0.15) is 0 Å². The molecule has 0 N–H and O–H groups in total. The van der Waals surface area contributed by atoms with E-state index in [4.69, 9.17) is 23.7 Å².